The van der Waals surface area contributed by atoms with E-state index in [0.29, 0.717) is 11.3 Å². The average molecular weight is 264 g/mol. The number of aryl methyl sites for hydroxylation is 1. The van der Waals surface area contributed by atoms with Gasteiger partial charge in [0, 0.05) is 11.1 Å². The van der Waals surface area contributed by atoms with Crippen molar-refractivity contribution in [1.82, 2.24) is 0 Å². The molecule has 0 spiro atoms. The third kappa shape index (κ3) is 3.09. The lowest BCUT2D eigenvalue weighted by Crippen LogP contribution is -2.03. The highest BCUT2D eigenvalue weighted by atomic mass is 19.1. The van der Waals surface area contributed by atoms with Crippen LogP contribution in [-0.2, 0) is 13.2 Å². The quantitative estimate of drug-likeness (QED) is 0.917. The number of para-hydroxylation sites is 1. The van der Waals surface area contributed by atoms with E-state index in [9.17, 15) is 13.9 Å². The highest BCUT2D eigenvalue weighted by molar-refractivity contribution is 5.40. The minimum Gasteiger partial charge on any atom is -0.488 e. The second kappa shape index (κ2) is 5.80. The number of rotatable bonds is 4. The van der Waals surface area contributed by atoms with Gasteiger partial charge in [0.25, 0.3) is 0 Å². The Morgan fingerprint density at radius 2 is 1.89 bits per heavy atom. The molecule has 2 rings (SSSR count). The Morgan fingerprint density at radius 1 is 1.11 bits per heavy atom. The first-order chi connectivity index (χ1) is 9.11. The van der Waals surface area contributed by atoms with Crippen LogP contribution >= 0.6 is 0 Å². The smallest absolute Gasteiger partial charge is 0.130 e. The summed E-state index contributed by atoms with van der Waals surface area (Å²) in [6.07, 6.45) is 0. The second-order valence-corrected chi connectivity index (χ2v) is 4.25. The summed E-state index contributed by atoms with van der Waals surface area (Å²) in [5.41, 5.74) is 1.60. The van der Waals surface area contributed by atoms with E-state index >= 15 is 0 Å². The molecule has 0 bridgehead atoms. The molecule has 2 aromatic rings. The molecule has 0 unspecified atom stereocenters. The highest BCUT2D eigenvalue weighted by Gasteiger charge is 2.09. The van der Waals surface area contributed by atoms with Gasteiger partial charge in [-0.3, -0.25) is 0 Å². The third-order valence-electron chi connectivity index (χ3n) is 2.84. The van der Waals surface area contributed by atoms with E-state index in [1.807, 2.05) is 13.0 Å². The Hall–Kier alpha value is -1.94. The summed E-state index contributed by atoms with van der Waals surface area (Å²) in [5.74, 6) is -0.513. The van der Waals surface area contributed by atoms with Gasteiger partial charge < -0.3 is 9.84 Å². The van der Waals surface area contributed by atoms with Gasteiger partial charge in [0.1, 0.15) is 24.0 Å². The highest BCUT2D eigenvalue weighted by Crippen LogP contribution is 2.25. The lowest BCUT2D eigenvalue weighted by atomic mass is 10.1. The number of hydrogen-bond acceptors (Lipinski definition) is 2. The van der Waals surface area contributed by atoms with Crippen molar-refractivity contribution in [3.63, 3.8) is 0 Å². The first-order valence-corrected chi connectivity index (χ1v) is 5.88. The van der Waals surface area contributed by atoms with Gasteiger partial charge in [0.2, 0.25) is 0 Å². The Balaban J connectivity index is 2.21. The van der Waals surface area contributed by atoms with Crippen LogP contribution in [-0.4, -0.2) is 5.11 Å². The number of halogens is 2. The Labute approximate surface area is 110 Å². The molecule has 0 aliphatic carbocycles. The van der Waals surface area contributed by atoms with E-state index in [4.69, 9.17) is 4.74 Å². The molecule has 4 heteroatoms. The second-order valence-electron chi connectivity index (χ2n) is 4.25. The van der Waals surface area contributed by atoms with Gasteiger partial charge in [0.15, 0.2) is 0 Å². The molecule has 1 N–H and O–H groups in total. The van der Waals surface area contributed by atoms with Gasteiger partial charge in [-0.25, -0.2) is 8.78 Å². The van der Waals surface area contributed by atoms with E-state index in [1.165, 1.54) is 0 Å². The van der Waals surface area contributed by atoms with Crippen LogP contribution in [0.15, 0.2) is 36.4 Å². The Kier molecular flexibility index (Phi) is 4.12. The van der Waals surface area contributed by atoms with Gasteiger partial charge in [-0.05, 0) is 30.7 Å². The number of aliphatic hydroxyl groups excluding tert-OH is 1. The summed E-state index contributed by atoms with van der Waals surface area (Å²) >= 11 is 0. The zero-order valence-corrected chi connectivity index (χ0v) is 10.5. The maximum atomic E-state index is 13.5. The normalized spacial score (nSPS) is 10.5. The van der Waals surface area contributed by atoms with Crippen LogP contribution in [0.2, 0.25) is 0 Å². The molecular weight excluding hydrogens is 250 g/mol. The fourth-order valence-electron chi connectivity index (χ4n) is 1.85. The van der Waals surface area contributed by atoms with Crippen LogP contribution in [0.3, 0.4) is 0 Å². The molecule has 0 heterocycles. The lowest BCUT2D eigenvalue weighted by Gasteiger charge is -2.13. The van der Waals surface area contributed by atoms with Crippen LogP contribution in [0.5, 0.6) is 5.75 Å². The number of hydrogen-bond donors (Lipinski definition) is 1. The monoisotopic (exact) mass is 264 g/mol. The first-order valence-electron chi connectivity index (χ1n) is 5.88. The molecule has 0 aromatic heterocycles. The molecule has 0 saturated heterocycles. The summed E-state index contributed by atoms with van der Waals surface area (Å²) in [6.45, 7) is 1.58. The lowest BCUT2D eigenvalue weighted by molar-refractivity contribution is 0.256. The summed E-state index contributed by atoms with van der Waals surface area (Å²) in [5, 5.41) is 9.22. The van der Waals surface area contributed by atoms with E-state index in [0.717, 1.165) is 23.8 Å². The number of aliphatic hydroxyl groups is 1. The molecule has 0 radical (unpaired) electrons. The van der Waals surface area contributed by atoms with Crippen molar-refractivity contribution in [2.45, 2.75) is 20.1 Å². The van der Waals surface area contributed by atoms with E-state index < -0.39 is 11.6 Å². The molecule has 19 heavy (non-hydrogen) atoms. The minimum absolute atomic E-state index is 0.0819. The predicted octanol–water partition coefficient (Wildman–Crippen LogP) is 3.34. The van der Waals surface area contributed by atoms with Gasteiger partial charge in [-0.15, -0.1) is 0 Å². The van der Waals surface area contributed by atoms with Crippen molar-refractivity contribution in [2.24, 2.45) is 0 Å². The molecule has 0 aliphatic heterocycles. The molecule has 2 aromatic carbocycles. The molecule has 0 saturated carbocycles. The first kappa shape index (κ1) is 13.5. The molecule has 0 atom stereocenters. The Bertz CT molecular complexity index is 582. The maximum absolute atomic E-state index is 13.5. The molecule has 0 aliphatic rings. The average Bonchev–Trinajstić information content (AvgIpc) is 2.40. The predicted molar refractivity (Wildman–Crippen MR) is 67.8 cm³/mol. The van der Waals surface area contributed by atoms with Gasteiger partial charge in [-0.2, -0.15) is 0 Å². The summed E-state index contributed by atoms with van der Waals surface area (Å²) in [7, 11) is 0. The van der Waals surface area contributed by atoms with E-state index in [2.05, 4.69) is 0 Å². The summed E-state index contributed by atoms with van der Waals surface area (Å²) in [4.78, 5) is 0. The molecule has 0 fully saturated rings. The largest absolute Gasteiger partial charge is 0.488 e. The third-order valence-corrected chi connectivity index (χ3v) is 2.84. The van der Waals surface area contributed by atoms with Crippen molar-refractivity contribution in [2.75, 3.05) is 0 Å². The van der Waals surface area contributed by atoms with E-state index in [-0.39, 0.29) is 18.8 Å². The van der Waals surface area contributed by atoms with Crippen molar-refractivity contribution in [3.05, 3.63) is 64.7 Å². The standard InChI is InChI=1S/C15H14F2O2/c1-10-3-2-4-11(8-18)15(10)19-9-12-7-13(16)5-6-14(12)17/h2-7,18H,8-9H2,1H3. The van der Waals surface area contributed by atoms with E-state index in [1.54, 1.807) is 12.1 Å². The van der Waals surface area contributed by atoms with Crippen LogP contribution < -0.4 is 4.74 Å². The van der Waals surface area contributed by atoms with Crippen molar-refractivity contribution < 1.29 is 18.6 Å². The van der Waals surface area contributed by atoms with Crippen molar-refractivity contribution >= 4 is 0 Å². The van der Waals surface area contributed by atoms with Crippen molar-refractivity contribution in [1.29, 1.82) is 0 Å². The molecule has 0 amide bonds. The van der Waals surface area contributed by atoms with Crippen LogP contribution in [0, 0.1) is 18.6 Å². The topological polar surface area (TPSA) is 29.5 Å². The van der Waals surface area contributed by atoms with Crippen LogP contribution in [0.4, 0.5) is 8.78 Å². The minimum atomic E-state index is -0.513. The molecular formula is C15H14F2O2. The maximum Gasteiger partial charge on any atom is 0.130 e. The molecule has 100 valence electrons. The summed E-state index contributed by atoms with van der Waals surface area (Å²) in [6, 6.07) is 8.59. The number of ether oxygens (including phenoxy) is 1. The molecule has 2 nitrogen and oxygen atoms in total. The van der Waals surface area contributed by atoms with Crippen LogP contribution in [0.25, 0.3) is 0 Å². The zero-order valence-electron chi connectivity index (χ0n) is 10.5. The van der Waals surface area contributed by atoms with Crippen molar-refractivity contribution in [3.8, 4) is 5.75 Å². The van der Waals surface area contributed by atoms with Gasteiger partial charge in [-0.1, -0.05) is 18.2 Å². The van der Waals surface area contributed by atoms with Gasteiger partial charge >= 0.3 is 0 Å². The fraction of sp³-hybridized carbons (Fsp3) is 0.200. The SMILES string of the molecule is Cc1cccc(CO)c1OCc1cc(F)ccc1F. The Morgan fingerprint density at radius 3 is 2.63 bits per heavy atom. The zero-order chi connectivity index (χ0) is 13.8. The van der Waals surface area contributed by atoms with Crippen LogP contribution in [0.1, 0.15) is 16.7 Å². The fourth-order valence-corrected chi connectivity index (χ4v) is 1.85. The van der Waals surface area contributed by atoms with Gasteiger partial charge in [0.05, 0.1) is 6.61 Å². The number of benzene rings is 2. The summed E-state index contributed by atoms with van der Waals surface area (Å²) < 4.78 is 32.0.